The van der Waals surface area contributed by atoms with Crippen LogP contribution in [0.3, 0.4) is 0 Å². The van der Waals surface area contributed by atoms with E-state index in [-0.39, 0.29) is 0 Å². The van der Waals surface area contributed by atoms with Gasteiger partial charge in [-0.15, -0.1) is 0 Å². The molecule has 0 radical (unpaired) electrons. The van der Waals surface area contributed by atoms with Gasteiger partial charge in [-0.3, -0.25) is 4.90 Å². The Morgan fingerprint density at radius 1 is 1.00 bits per heavy atom. The molecule has 2 aromatic rings. The quantitative estimate of drug-likeness (QED) is 0.754. The first-order chi connectivity index (χ1) is 14.2. The Kier molecular flexibility index (Phi) is 5.55. The van der Waals surface area contributed by atoms with E-state index in [1.54, 1.807) is 0 Å². The van der Waals surface area contributed by atoms with Crippen molar-refractivity contribution in [3.05, 3.63) is 42.1 Å². The maximum Gasteiger partial charge on any atom is 0.128 e. The lowest BCUT2D eigenvalue weighted by molar-refractivity contribution is 0.148. The summed E-state index contributed by atoms with van der Waals surface area (Å²) in [5, 5.41) is 0. The monoisotopic (exact) mass is 394 g/mol. The van der Waals surface area contributed by atoms with Gasteiger partial charge >= 0.3 is 0 Å². The van der Waals surface area contributed by atoms with E-state index in [9.17, 15) is 0 Å². The highest BCUT2D eigenvalue weighted by Crippen LogP contribution is 2.33. The van der Waals surface area contributed by atoms with Gasteiger partial charge in [0.1, 0.15) is 11.6 Å². The van der Waals surface area contributed by atoms with Gasteiger partial charge in [0.05, 0.1) is 0 Å². The minimum absolute atomic E-state index is 0.518. The van der Waals surface area contributed by atoms with Crippen molar-refractivity contribution in [2.24, 2.45) is 5.92 Å². The van der Waals surface area contributed by atoms with Gasteiger partial charge in [-0.2, -0.15) is 0 Å². The van der Waals surface area contributed by atoms with Crippen LogP contribution in [0.2, 0.25) is 0 Å². The molecule has 6 heteroatoms. The van der Waals surface area contributed by atoms with Crippen molar-refractivity contribution in [1.82, 2.24) is 24.3 Å². The Hall–Kier alpha value is -1.92. The van der Waals surface area contributed by atoms with Gasteiger partial charge in [-0.05, 0) is 50.3 Å². The average molecular weight is 395 g/mol. The van der Waals surface area contributed by atoms with Crippen LogP contribution in [-0.2, 0) is 13.1 Å². The van der Waals surface area contributed by atoms with Gasteiger partial charge in [0.25, 0.3) is 0 Å². The predicted octanol–water partition coefficient (Wildman–Crippen LogP) is 2.82. The number of nitrogens with zero attached hydrogens (tertiary/aromatic N) is 6. The van der Waals surface area contributed by atoms with E-state index in [1.807, 2.05) is 6.20 Å². The molecule has 4 heterocycles. The molecule has 5 rings (SSSR count). The molecular formula is C23H34N6. The van der Waals surface area contributed by atoms with Gasteiger partial charge in [0.2, 0.25) is 0 Å². The van der Waals surface area contributed by atoms with E-state index in [4.69, 9.17) is 9.97 Å². The van der Waals surface area contributed by atoms with Crippen LogP contribution in [0, 0.1) is 5.92 Å². The minimum atomic E-state index is 0.518. The Labute approximate surface area is 174 Å². The van der Waals surface area contributed by atoms with Crippen LogP contribution in [0.25, 0.3) is 0 Å². The van der Waals surface area contributed by atoms with E-state index < -0.39 is 0 Å². The van der Waals surface area contributed by atoms with Crippen molar-refractivity contribution < 1.29 is 0 Å². The highest BCUT2D eigenvalue weighted by Gasteiger charge is 2.28. The number of piperazine rings is 1. The SMILES string of the molecule is CN1CCN(Cc2ccc(N3CCC[C@@H](c4nccn4CC4CC4)C3)nc2)CC1. The molecule has 1 saturated carbocycles. The molecule has 0 unspecified atom stereocenters. The summed E-state index contributed by atoms with van der Waals surface area (Å²) < 4.78 is 2.42. The summed E-state index contributed by atoms with van der Waals surface area (Å²) in [6.07, 6.45) is 11.5. The van der Waals surface area contributed by atoms with Gasteiger partial charge in [-0.1, -0.05) is 6.07 Å². The first-order valence-electron chi connectivity index (χ1n) is 11.4. The lowest BCUT2D eigenvalue weighted by Gasteiger charge is -2.34. The molecule has 1 atom stereocenters. The summed E-state index contributed by atoms with van der Waals surface area (Å²) in [6.45, 7) is 8.94. The third-order valence-corrected chi connectivity index (χ3v) is 6.82. The van der Waals surface area contributed by atoms with Crippen LogP contribution < -0.4 is 4.90 Å². The lowest BCUT2D eigenvalue weighted by Crippen LogP contribution is -2.43. The number of likely N-dealkylation sites (N-methyl/N-ethyl adjacent to an activating group) is 1. The summed E-state index contributed by atoms with van der Waals surface area (Å²) in [5.74, 6) is 3.81. The fourth-order valence-corrected chi connectivity index (χ4v) is 4.77. The second-order valence-corrected chi connectivity index (χ2v) is 9.27. The third-order valence-electron chi connectivity index (χ3n) is 6.82. The minimum Gasteiger partial charge on any atom is -0.356 e. The van der Waals surface area contributed by atoms with Crippen molar-refractivity contribution in [3.63, 3.8) is 0 Å². The predicted molar refractivity (Wildman–Crippen MR) is 116 cm³/mol. The summed E-state index contributed by atoms with van der Waals surface area (Å²) in [6, 6.07) is 4.50. The molecule has 2 aliphatic heterocycles. The molecule has 0 amide bonds. The standard InChI is InChI=1S/C23H34N6/c1-26-11-13-27(14-12-26)16-20-6-7-22(25-15-20)28-9-2-3-21(18-28)23-24-8-10-29(23)17-19-4-5-19/h6-8,10,15,19,21H,2-5,9,11-14,16-18H2,1H3/t21-/m1/s1. The smallest absolute Gasteiger partial charge is 0.128 e. The van der Waals surface area contributed by atoms with Crippen LogP contribution in [-0.4, -0.2) is 70.7 Å². The second-order valence-electron chi connectivity index (χ2n) is 9.27. The zero-order valence-corrected chi connectivity index (χ0v) is 17.7. The van der Waals surface area contributed by atoms with Crippen molar-refractivity contribution in [3.8, 4) is 0 Å². The molecule has 156 valence electrons. The molecule has 29 heavy (non-hydrogen) atoms. The molecule has 3 fully saturated rings. The summed E-state index contributed by atoms with van der Waals surface area (Å²) in [7, 11) is 2.21. The number of hydrogen-bond acceptors (Lipinski definition) is 5. The van der Waals surface area contributed by atoms with Gasteiger partial charge < -0.3 is 14.4 Å². The van der Waals surface area contributed by atoms with Gasteiger partial charge in [-0.25, -0.2) is 9.97 Å². The molecule has 0 spiro atoms. The highest BCUT2D eigenvalue weighted by molar-refractivity contribution is 5.40. The second kappa shape index (κ2) is 8.44. The van der Waals surface area contributed by atoms with Gasteiger partial charge in [0.15, 0.2) is 0 Å². The molecule has 0 N–H and O–H groups in total. The molecule has 0 aromatic carbocycles. The number of anilines is 1. The zero-order valence-electron chi connectivity index (χ0n) is 17.7. The molecule has 1 aliphatic carbocycles. The largest absolute Gasteiger partial charge is 0.356 e. The molecule has 3 aliphatic rings. The Morgan fingerprint density at radius 2 is 1.86 bits per heavy atom. The Morgan fingerprint density at radius 3 is 2.62 bits per heavy atom. The number of piperidine rings is 1. The van der Waals surface area contributed by atoms with Crippen molar-refractivity contribution in [2.75, 3.05) is 51.2 Å². The summed E-state index contributed by atoms with van der Waals surface area (Å²) in [4.78, 5) is 17.0. The average Bonchev–Trinajstić information content (AvgIpc) is 3.45. The van der Waals surface area contributed by atoms with Crippen LogP contribution in [0.4, 0.5) is 5.82 Å². The fraction of sp³-hybridized carbons (Fsp3) is 0.652. The number of aromatic nitrogens is 3. The van der Waals surface area contributed by atoms with Crippen molar-refractivity contribution >= 4 is 5.82 Å². The van der Waals surface area contributed by atoms with Gasteiger partial charge in [0, 0.05) is 76.9 Å². The van der Waals surface area contributed by atoms with E-state index >= 15 is 0 Å². The number of rotatable bonds is 6. The number of hydrogen-bond donors (Lipinski definition) is 0. The molecule has 6 nitrogen and oxygen atoms in total. The number of imidazole rings is 1. The van der Waals surface area contributed by atoms with Crippen LogP contribution in [0.1, 0.15) is 43.0 Å². The van der Waals surface area contributed by atoms with E-state index in [0.29, 0.717) is 5.92 Å². The Bertz CT molecular complexity index is 788. The maximum absolute atomic E-state index is 4.84. The van der Waals surface area contributed by atoms with Crippen molar-refractivity contribution in [1.29, 1.82) is 0 Å². The topological polar surface area (TPSA) is 40.4 Å². The first kappa shape index (κ1) is 19.1. The molecule has 2 aromatic heterocycles. The molecular weight excluding hydrogens is 360 g/mol. The van der Waals surface area contributed by atoms with Crippen LogP contribution >= 0.6 is 0 Å². The lowest BCUT2D eigenvalue weighted by atomic mass is 9.97. The summed E-state index contributed by atoms with van der Waals surface area (Å²) >= 11 is 0. The van der Waals surface area contributed by atoms with E-state index in [1.165, 1.54) is 37.1 Å². The van der Waals surface area contributed by atoms with Crippen LogP contribution in [0.15, 0.2) is 30.7 Å². The van der Waals surface area contributed by atoms with E-state index in [2.05, 4.69) is 50.8 Å². The normalized spacial score (nSPS) is 24.2. The fourth-order valence-electron chi connectivity index (χ4n) is 4.77. The highest BCUT2D eigenvalue weighted by atomic mass is 15.2. The maximum atomic E-state index is 4.84. The molecule has 0 bridgehead atoms. The van der Waals surface area contributed by atoms with Crippen LogP contribution in [0.5, 0.6) is 0 Å². The van der Waals surface area contributed by atoms with E-state index in [0.717, 1.165) is 64.1 Å². The Balaban J connectivity index is 1.21. The third kappa shape index (κ3) is 4.64. The zero-order chi connectivity index (χ0) is 19.6. The molecule has 2 saturated heterocycles. The van der Waals surface area contributed by atoms with Crippen molar-refractivity contribution in [2.45, 2.75) is 44.7 Å². The summed E-state index contributed by atoms with van der Waals surface area (Å²) in [5.41, 5.74) is 1.33. The number of pyridine rings is 1. The first-order valence-corrected chi connectivity index (χ1v) is 11.4.